The molecule has 22 heavy (non-hydrogen) atoms. The molecule has 1 amide bonds. The summed E-state index contributed by atoms with van der Waals surface area (Å²) in [4.78, 5) is 24.4. The molecule has 0 aliphatic heterocycles. The van der Waals surface area contributed by atoms with Gasteiger partial charge in [0, 0.05) is 13.6 Å². The topological polar surface area (TPSA) is 76.3 Å². The normalized spacial score (nSPS) is 17.0. The van der Waals surface area contributed by atoms with Gasteiger partial charge in [-0.2, -0.15) is 0 Å². The molecule has 6 nitrogen and oxygen atoms in total. The molecule has 1 saturated carbocycles. The molecule has 0 unspecified atom stereocenters. The molecule has 1 fully saturated rings. The third-order valence-corrected chi connectivity index (χ3v) is 4.50. The van der Waals surface area contributed by atoms with E-state index in [9.17, 15) is 14.7 Å². The Hall–Kier alpha value is -2.08. The number of nitrogens with one attached hydrogen (secondary N) is 1. The molecular formula is C16H21N3O3. The first-order chi connectivity index (χ1) is 10.5. The summed E-state index contributed by atoms with van der Waals surface area (Å²) in [5, 5.41) is 13.0. The minimum atomic E-state index is -0.778. The Morgan fingerprint density at radius 3 is 2.59 bits per heavy atom. The van der Waals surface area contributed by atoms with Crippen LogP contribution in [0.5, 0.6) is 0 Å². The second-order valence-corrected chi connectivity index (χ2v) is 6.12. The molecule has 0 saturated heterocycles. The van der Waals surface area contributed by atoms with Crippen molar-refractivity contribution in [2.45, 2.75) is 37.8 Å². The van der Waals surface area contributed by atoms with Crippen LogP contribution in [-0.4, -0.2) is 32.3 Å². The maximum atomic E-state index is 12.2. The molecule has 1 aliphatic carbocycles. The molecule has 0 spiro atoms. The summed E-state index contributed by atoms with van der Waals surface area (Å²) in [5.74, 6) is -0.251. The van der Waals surface area contributed by atoms with Crippen LogP contribution in [0.25, 0.3) is 11.0 Å². The molecule has 1 aliphatic rings. The van der Waals surface area contributed by atoms with Crippen LogP contribution in [-0.2, 0) is 18.4 Å². The number of hydrogen-bond acceptors (Lipinski definition) is 3. The van der Waals surface area contributed by atoms with E-state index < -0.39 is 5.60 Å². The number of aliphatic hydroxyl groups is 1. The summed E-state index contributed by atoms with van der Waals surface area (Å²) in [6.45, 7) is 0.224. The van der Waals surface area contributed by atoms with E-state index in [-0.39, 0.29) is 24.7 Å². The third-order valence-electron chi connectivity index (χ3n) is 4.50. The zero-order valence-electron chi connectivity index (χ0n) is 12.7. The molecule has 0 atom stereocenters. The van der Waals surface area contributed by atoms with Gasteiger partial charge in [0.05, 0.1) is 16.6 Å². The molecule has 1 heterocycles. The largest absolute Gasteiger partial charge is 0.388 e. The van der Waals surface area contributed by atoms with E-state index in [0.29, 0.717) is 0 Å². The number of rotatable bonds is 4. The Labute approximate surface area is 128 Å². The second-order valence-electron chi connectivity index (χ2n) is 6.12. The first kappa shape index (κ1) is 14.8. The molecular weight excluding hydrogens is 282 g/mol. The predicted octanol–water partition coefficient (Wildman–Crippen LogP) is 0.761. The van der Waals surface area contributed by atoms with E-state index in [4.69, 9.17) is 0 Å². The Morgan fingerprint density at radius 1 is 1.27 bits per heavy atom. The number of aryl methyl sites for hydroxylation is 1. The van der Waals surface area contributed by atoms with Gasteiger partial charge in [-0.1, -0.05) is 25.0 Å². The summed E-state index contributed by atoms with van der Waals surface area (Å²) in [6.07, 6.45) is 3.44. The first-order valence-electron chi connectivity index (χ1n) is 7.63. The van der Waals surface area contributed by atoms with Gasteiger partial charge < -0.3 is 10.4 Å². The lowest BCUT2D eigenvalue weighted by molar-refractivity contribution is -0.122. The average Bonchev–Trinajstić information content (AvgIpc) is 3.05. The van der Waals surface area contributed by atoms with Gasteiger partial charge >= 0.3 is 5.69 Å². The predicted molar refractivity (Wildman–Crippen MR) is 83.6 cm³/mol. The van der Waals surface area contributed by atoms with Crippen LogP contribution >= 0.6 is 0 Å². The summed E-state index contributed by atoms with van der Waals surface area (Å²) in [7, 11) is 1.69. The minimum Gasteiger partial charge on any atom is -0.388 e. The van der Waals surface area contributed by atoms with E-state index >= 15 is 0 Å². The van der Waals surface area contributed by atoms with Gasteiger partial charge in [-0.25, -0.2) is 4.79 Å². The highest BCUT2D eigenvalue weighted by molar-refractivity contribution is 5.80. The van der Waals surface area contributed by atoms with Gasteiger partial charge in [0.25, 0.3) is 0 Å². The molecule has 118 valence electrons. The molecule has 3 rings (SSSR count). The summed E-state index contributed by atoms with van der Waals surface area (Å²) in [5.41, 5.74) is 0.551. The van der Waals surface area contributed by atoms with E-state index in [1.807, 2.05) is 24.3 Å². The van der Waals surface area contributed by atoms with E-state index in [1.54, 1.807) is 7.05 Å². The Morgan fingerprint density at radius 2 is 1.91 bits per heavy atom. The van der Waals surface area contributed by atoms with Gasteiger partial charge in [0.2, 0.25) is 5.91 Å². The zero-order chi connectivity index (χ0) is 15.7. The van der Waals surface area contributed by atoms with Gasteiger partial charge in [0.15, 0.2) is 0 Å². The number of imidazole rings is 1. The zero-order valence-corrected chi connectivity index (χ0v) is 12.7. The maximum Gasteiger partial charge on any atom is 0.329 e. The van der Waals surface area contributed by atoms with Crippen molar-refractivity contribution >= 4 is 16.9 Å². The molecule has 1 aromatic heterocycles. The smallest absolute Gasteiger partial charge is 0.329 e. The Balaban J connectivity index is 1.74. The van der Waals surface area contributed by atoms with Gasteiger partial charge in [0.1, 0.15) is 6.54 Å². The van der Waals surface area contributed by atoms with E-state index in [2.05, 4.69) is 5.32 Å². The SMILES string of the molecule is Cn1c(=O)n(CC(=O)NCC2(O)CCCC2)c2ccccc21. The fourth-order valence-electron chi connectivity index (χ4n) is 3.19. The van der Waals surface area contributed by atoms with Crippen LogP contribution < -0.4 is 11.0 Å². The van der Waals surface area contributed by atoms with Crippen molar-refractivity contribution in [2.75, 3.05) is 6.54 Å². The number of amides is 1. The van der Waals surface area contributed by atoms with Crippen LogP contribution in [0, 0.1) is 0 Å². The van der Waals surface area contributed by atoms with Crippen LogP contribution in [0.4, 0.5) is 0 Å². The van der Waals surface area contributed by atoms with E-state index in [1.165, 1.54) is 9.13 Å². The van der Waals surface area contributed by atoms with Crippen LogP contribution in [0.1, 0.15) is 25.7 Å². The molecule has 0 bridgehead atoms. The number of para-hydroxylation sites is 2. The van der Waals surface area contributed by atoms with Crippen molar-refractivity contribution in [3.63, 3.8) is 0 Å². The Kier molecular flexibility index (Phi) is 3.78. The van der Waals surface area contributed by atoms with Crippen molar-refractivity contribution in [2.24, 2.45) is 7.05 Å². The van der Waals surface area contributed by atoms with Crippen molar-refractivity contribution in [1.29, 1.82) is 0 Å². The number of carbonyl (C=O) groups excluding carboxylic acids is 1. The summed E-state index contributed by atoms with van der Waals surface area (Å²) >= 11 is 0. The third kappa shape index (κ3) is 2.66. The maximum absolute atomic E-state index is 12.2. The highest BCUT2D eigenvalue weighted by Crippen LogP contribution is 2.28. The minimum absolute atomic E-state index is 0.0315. The molecule has 2 N–H and O–H groups in total. The fraction of sp³-hybridized carbons (Fsp3) is 0.500. The lowest BCUT2D eigenvalue weighted by atomic mass is 10.0. The van der Waals surface area contributed by atoms with Crippen molar-refractivity contribution < 1.29 is 9.90 Å². The summed E-state index contributed by atoms with van der Waals surface area (Å²) in [6, 6.07) is 7.39. The van der Waals surface area contributed by atoms with Crippen LogP contribution in [0.15, 0.2) is 29.1 Å². The van der Waals surface area contributed by atoms with Gasteiger partial charge in [-0.3, -0.25) is 13.9 Å². The number of fused-ring (bicyclic) bond motifs is 1. The Bertz CT molecular complexity index is 754. The number of aromatic nitrogens is 2. The first-order valence-corrected chi connectivity index (χ1v) is 7.63. The highest BCUT2D eigenvalue weighted by atomic mass is 16.3. The molecule has 2 aromatic rings. The average molecular weight is 303 g/mol. The highest BCUT2D eigenvalue weighted by Gasteiger charge is 2.31. The van der Waals surface area contributed by atoms with Crippen LogP contribution in [0.3, 0.4) is 0 Å². The molecule has 6 heteroatoms. The van der Waals surface area contributed by atoms with Gasteiger partial charge in [-0.05, 0) is 25.0 Å². The van der Waals surface area contributed by atoms with Crippen molar-refractivity contribution in [1.82, 2.24) is 14.5 Å². The standard InChI is InChI=1S/C16H21N3O3/c1-18-12-6-2-3-7-13(12)19(15(18)21)10-14(20)17-11-16(22)8-4-5-9-16/h2-3,6-7,22H,4-5,8-11H2,1H3,(H,17,20). The lowest BCUT2D eigenvalue weighted by Crippen LogP contribution is -2.42. The van der Waals surface area contributed by atoms with E-state index in [0.717, 1.165) is 36.7 Å². The monoisotopic (exact) mass is 303 g/mol. The molecule has 0 radical (unpaired) electrons. The number of nitrogens with zero attached hydrogens (tertiary/aromatic N) is 2. The quantitative estimate of drug-likeness (QED) is 0.875. The number of benzene rings is 1. The second kappa shape index (κ2) is 5.61. The number of carbonyl (C=O) groups is 1. The van der Waals surface area contributed by atoms with Crippen molar-refractivity contribution in [3.05, 3.63) is 34.7 Å². The van der Waals surface area contributed by atoms with Crippen LogP contribution in [0.2, 0.25) is 0 Å². The van der Waals surface area contributed by atoms with Gasteiger partial charge in [-0.15, -0.1) is 0 Å². The van der Waals surface area contributed by atoms with Crippen molar-refractivity contribution in [3.8, 4) is 0 Å². The lowest BCUT2D eigenvalue weighted by Gasteiger charge is -2.22. The fourth-order valence-corrected chi connectivity index (χ4v) is 3.19. The number of hydrogen-bond donors (Lipinski definition) is 2. The summed E-state index contributed by atoms with van der Waals surface area (Å²) < 4.78 is 3.00. The molecule has 1 aromatic carbocycles.